The Bertz CT molecular complexity index is 845. The molecule has 0 aliphatic rings. The Morgan fingerprint density at radius 1 is 1.30 bits per heavy atom. The molecular formula is C17H16N2O3S. The summed E-state index contributed by atoms with van der Waals surface area (Å²) in [5, 5.41) is 12.7. The first-order valence-corrected chi connectivity index (χ1v) is 8.39. The Morgan fingerprint density at radius 3 is 2.91 bits per heavy atom. The maximum atomic E-state index is 11.8. The number of phenols is 1. The van der Waals surface area contributed by atoms with E-state index in [1.165, 1.54) is 0 Å². The Balaban J connectivity index is 1.86. The van der Waals surface area contributed by atoms with E-state index in [4.69, 9.17) is 4.42 Å². The summed E-state index contributed by atoms with van der Waals surface area (Å²) >= 11 is 1.57. The second-order valence-electron chi connectivity index (χ2n) is 4.91. The third-order valence-electron chi connectivity index (χ3n) is 3.23. The highest BCUT2D eigenvalue weighted by Crippen LogP contribution is 2.30. The number of phenolic OH excluding ortho intramolecular Hbond substituents is 1. The number of carbonyl (C=O) groups is 1. The Labute approximate surface area is 137 Å². The van der Waals surface area contributed by atoms with Crippen molar-refractivity contribution in [3.63, 3.8) is 0 Å². The van der Waals surface area contributed by atoms with Gasteiger partial charge < -0.3 is 14.8 Å². The van der Waals surface area contributed by atoms with Crippen molar-refractivity contribution in [2.75, 3.05) is 16.8 Å². The van der Waals surface area contributed by atoms with E-state index in [0.717, 1.165) is 11.3 Å². The lowest BCUT2D eigenvalue weighted by Gasteiger charge is -2.05. The smallest absolute Gasteiger partial charge is 0.234 e. The average molecular weight is 328 g/mol. The van der Waals surface area contributed by atoms with Crippen LogP contribution >= 0.6 is 11.8 Å². The summed E-state index contributed by atoms with van der Waals surface area (Å²) in [5.41, 5.74) is 2.38. The molecule has 2 N–H and O–H groups in total. The number of anilines is 1. The number of carbonyl (C=O) groups excluding carboxylic acids is 1. The molecule has 3 rings (SSSR count). The zero-order valence-electron chi connectivity index (χ0n) is 12.6. The van der Waals surface area contributed by atoms with Crippen molar-refractivity contribution in [1.29, 1.82) is 0 Å². The van der Waals surface area contributed by atoms with E-state index < -0.39 is 0 Å². The fraction of sp³-hybridized carbons (Fsp3) is 0.176. The van der Waals surface area contributed by atoms with Gasteiger partial charge in [-0.15, -0.1) is 0 Å². The lowest BCUT2D eigenvalue weighted by Crippen LogP contribution is -2.14. The Morgan fingerprint density at radius 2 is 2.13 bits per heavy atom. The Kier molecular flexibility index (Phi) is 4.52. The number of aromatic hydroxyl groups is 1. The van der Waals surface area contributed by atoms with Gasteiger partial charge in [0.05, 0.1) is 5.75 Å². The van der Waals surface area contributed by atoms with Crippen LogP contribution in [0.3, 0.4) is 0 Å². The van der Waals surface area contributed by atoms with E-state index in [1.54, 1.807) is 36.0 Å². The molecule has 3 aromatic rings. The molecule has 0 atom stereocenters. The highest BCUT2D eigenvalue weighted by molar-refractivity contribution is 7.99. The number of thioether (sulfide) groups is 1. The van der Waals surface area contributed by atoms with Gasteiger partial charge in [0, 0.05) is 11.3 Å². The largest absolute Gasteiger partial charge is 0.506 e. The van der Waals surface area contributed by atoms with Crippen LogP contribution in [-0.4, -0.2) is 27.5 Å². The lowest BCUT2D eigenvalue weighted by molar-refractivity contribution is -0.113. The fourth-order valence-electron chi connectivity index (χ4n) is 2.18. The maximum absolute atomic E-state index is 11.8. The first-order chi connectivity index (χ1) is 11.2. The van der Waals surface area contributed by atoms with Crippen molar-refractivity contribution in [3.05, 3.63) is 42.5 Å². The van der Waals surface area contributed by atoms with Crippen molar-refractivity contribution in [3.8, 4) is 17.2 Å². The first-order valence-electron chi connectivity index (χ1n) is 7.24. The summed E-state index contributed by atoms with van der Waals surface area (Å²) in [4.78, 5) is 16.1. The van der Waals surface area contributed by atoms with Gasteiger partial charge in [0.2, 0.25) is 11.8 Å². The number of hydrogen-bond acceptors (Lipinski definition) is 5. The number of nitrogens with one attached hydrogen (secondary N) is 1. The molecule has 0 bridgehead atoms. The molecular weight excluding hydrogens is 312 g/mol. The van der Waals surface area contributed by atoms with Gasteiger partial charge in [-0.05, 0) is 36.1 Å². The van der Waals surface area contributed by atoms with Crippen LogP contribution in [0.5, 0.6) is 5.75 Å². The molecule has 118 valence electrons. The predicted octanol–water partition coefficient (Wildman–Crippen LogP) is 3.89. The number of para-hydroxylation sites is 1. The number of amides is 1. The van der Waals surface area contributed by atoms with Gasteiger partial charge in [-0.3, -0.25) is 4.79 Å². The van der Waals surface area contributed by atoms with Gasteiger partial charge in [-0.2, -0.15) is 11.8 Å². The number of rotatable bonds is 5. The van der Waals surface area contributed by atoms with Crippen molar-refractivity contribution in [2.24, 2.45) is 0 Å². The summed E-state index contributed by atoms with van der Waals surface area (Å²) < 4.78 is 5.67. The van der Waals surface area contributed by atoms with Gasteiger partial charge in [-0.25, -0.2) is 4.98 Å². The number of benzene rings is 2. The average Bonchev–Trinajstić information content (AvgIpc) is 2.99. The monoisotopic (exact) mass is 328 g/mol. The zero-order valence-corrected chi connectivity index (χ0v) is 13.4. The van der Waals surface area contributed by atoms with Crippen molar-refractivity contribution < 1.29 is 14.3 Å². The van der Waals surface area contributed by atoms with Gasteiger partial charge in [-0.1, -0.05) is 19.1 Å². The van der Waals surface area contributed by atoms with Crippen LogP contribution in [0, 0.1) is 0 Å². The van der Waals surface area contributed by atoms with Crippen molar-refractivity contribution in [2.45, 2.75) is 6.92 Å². The molecule has 0 aliphatic heterocycles. The molecule has 0 saturated heterocycles. The molecule has 6 heteroatoms. The van der Waals surface area contributed by atoms with E-state index in [-0.39, 0.29) is 11.7 Å². The second-order valence-corrected chi connectivity index (χ2v) is 6.18. The van der Waals surface area contributed by atoms with Crippen molar-refractivity contribution in [1.82, 2.24) is 4.98 Å². The number of oxazole rings is 1. The summed E-state index contributed by atoms with van der Waals surface area (Å²) in [6.45, 7) is 2.02. The highest BCUT2D eigenvalue weighted by Gasteiger charge is 2.12. The summed E-state index contributed by atoms with van der Waals surface area (Å²) in [5.74, 6) is 1.78. The number of nitrogens with zero attached hydrogens (tertiary/aromatic N) is 1. The van der Waals surface area contributed by atoms with Crippen LogP contribution in [0.2, 0.25) is 0 Å². The minimum absolute atomic E-state index is 0.0378. The van der Waals surface area contributed by atoms with Crippen LogP contribution in [0.1, 0.15) is 6.92 Å². The van der Waals surface area contributed by atoms with Gasteiger partial charge >= 0.3 is 0 Å². The quantitative estimate of drug-likeness (QED) is 0.743. The van der Waals surface area contributed by atoms with E-state index in [9.17, 15) is 9.90 Å². The molecule has 0 radical (unpaired) electrons. The molecule has 0 aliphatic carbocycles. The van der Waals surface area contributed by atoms with Crippen LogP contribution in [0.4, 0.5) is 5.69 Å². The summed E-state index contributed by atoms with van der Waals surface area (Å²) in [6.07, 6.45) is 0. The molecule has 0 unspecified atom stereocenters. The van der Waals surface area contributed by atoms with E-state index in [2.05, 4.69) is 10.3 Å². The molecule has 1 aromatic heterocycles. The van der Waals surface area contributed by atoms with Crippen LogP contribution in [0.15, 0.2) is 46.9 Å². The molecule has 0 fully saturated rings. The van der Waals surface area contributed by atoms with Gasteiger partial charge in [0.1, 0.15) is 5.75 Å². The predicted molar refractivity (Wildman–Crippen MR) is 92.7 cm³/mol. The zero-order chi connectivity index (χ0) is 16.2. The van der Waals surface area contributed by atoms with Gasteiger partial charge in [0.25, 0.3) is 0 Å². The number of aromatic nitrogens is 1. The third-order valence-corrected chi connectivity index (χ3v) is 4.10. The van der Waals surface area contributed by atoms with Crippen LogP contribution in [-0.2, 0) is 4.79 Å². The molecule has 2 aromatic carbocycles. The van der Waals surface area contributed by atoms with Crippen LogP contribution < -0.4 is 5.32 Å². The minimum Gasteiger partial charge on any atom is -0.506 e. The first kappa shape index (κ1) is 15.4. The minimum atomic E-state index is -0.0378. The highest BCUT2D eigenvalue weighted by atomic mass is 32.2. The molecule has 1 heterocycles. The maximum Gasteiger partial charge on any atom is 0.234 e. The van der Waals surface area contributed by atoms with Crippen LogP contribution in [0.25, 0.3) is 22.6 Å². The molecule has 0 spiro atoms. The molecule has 1 amide bonds. The summed E-state index contributed by atoms with van der Waals surface area (Å²) in [6, 6.07) is 12.3. The van der Waals surface area contributed by atoms with E-state index in [0.29, 0.717) is 28.4 Å². The topological polar surface area (TPSA) is 75.4 Å². The normalized spacial score (nSPS) is 10.8. The SMILES string of the molecule is CCSCC(=O)Nc1cccc(-c2nc3c(O)cccc3o2)c1. The molecule has 23 heavy (non-hydrogen) atoms. The Hall–Kier alpha value is -2.47. The number of fused-ring (bicyclic) bond motifs is 1. The van der Waals surface area contributed by atoms with E-state index >= 15 is 0 Å². The lowest BCUT2D eigenvalue weighted by atomic mass is 10.2. The number of hydrogen-bond donors (Lipinski definition) is 2. The molecule has 5 nitrogen and oxygen atoms in total. The summed E-state index contributed by atoms with van der Waals surface area (Å²) in [7, 11) is 0. The van der Waals surface area contributed by atoms with Crippen molar-refractivity contribution >= 4 is 34.5 Å². The van der Waals surface area contributed by atoms with Gasteiger partial charge in [0.15, 0.2) is 11.1 Å². The second kappa shape index (κ2) is 6.75. The fourth-order valence-corrected chi connectivity index (χ4v) is 2.64. The third kappa shape index (κ3) is 3.48. The standard InChI is InChI=1S/C17H16N2O3S/c1-2-23-10-15(21)18-12-6-3-5-11(9-12)17-19-16-13(20)7-4-8-14(16)22-17/h3-9,20H,2,10H2,1H3,(H,18,21). The molecule has 0 saturated carbocycles. The van der Waals surface area contributed by atoms with E-state index in [1.807, 2.05) is 25.1 Å².